The maximum absolute atomic E-state index is 13.6. The smallest absolute Gasteiger partial charge is 0.416 e. The summed E-state index contributed by atoms with van der Waals surface area (Å²) in [4.78, 5) is 11.8. The highest BCUT2D eigenvalue weighted by Crippen LogP contribution is 2.30. The van der Waals surface area contributed by atoms with Crippen molar-refractivity contribution in [1.29, 1.82) is 0 Å². The van der Waals surface area contributed by atoms with Crippen LogP contribution in [0.3, 0.4) is 0 Å². The second-order valence-corrected chi connectivity index (χ2v) is 5.51. The van der Waals surface area contributed by atoms with Gasteiger partial charge in [-0.25, -0.2) is 9.82 Å². The van der Waals surface area contributed by atoms with Crippen molar-refractivity contribution in [1.82, 2.24) is 5.43 Å². The van der Waals surface area contributed by atoms with Gasteiger partial charge in [0.1, 0.15) is 11.6 Å². The standard InChI is InChI=1S/C15H9BrF4N2O2/c16-10-2-4-13(23)8(5-10)7-21-22-14(24)11-3-1-9(6-12(11)17)15(18,19)20/h1-7,23H,(H,22,24)/b21-7+. The molecule has 126 valence electrons. The molecule has 2 N–H and O–H groups in total. The summed E-state index contributed by atoms with van der Waals surface area (Å²) in [5, 5.41) is 13.1. The summed E-state index contributed by atoms with van der Waals surface area (Å²) < 4.78 is 51.6. The molecule has 0 unspecified atom stereocenters. The number of amides is 1. The number of nitrogens with one attached hydrogen (secondary N) is 1. The summed E-state index contributed by atoms with van der Waals surface area (Å²) in [6, 6.07) is 6.05. The maximum Gasteiger partial charge on any atom is 0.416 e. The third-order valence-electron chi connectivity index (χ3n) is 2.90. The predicted molar refractivity (Wildman–Crippen MR) is 82.3 cm³/mol. The van der Waals surface area contributed by atoms with Crippen LogP contribution in [0.4, 0.5) is 17.6 Å². The highest BCUT2D eigenvalue weighted by Gasteiger charge is 2.31. The van der Waals surface area contributed by atoms with Gasteiger partial charge in [0.15, 0.2) is 0 Å². The molecular formula is C15H9BrF4N2O2. The molecule has 2 aromatic rings. The van der Waals surface area contributed by atoms with E-state index in [1.54, 1.807) is 6.07 Å². The Morgan fingerprint density at radius 3 is 2.54 bits per heavy atom. The van der Waals surface area contributed by atoms with Crippen LogP contribution in [-0.2, 0) is 6.18 Å². The normalized spacial score (nSPS) is 11.7. The summed E-state index contributed by atoms with van der Waals surface area (Å²) in [6.45, 7) is 0. The first kappa shape index (κ1) is 17.9. The minimum Gasteiger partial charge on any atom is -0.507 e. The van der Waals surface area contributed by atoms with Gasteiger partial charge < -0.3 is 5.11 Å². The van der Waals surface area contributed by atoms with Crippen molar-refractivity contribution in [3.8, 4) is 5.75 Å². The lowest BCUT2D eigenvalue weighted by Crippen LogP contribution is -2.19. The second kappa shape index (κ2) is 7.00. The number of carbonyl (C=O) groups is 1. The van der Waals surface area contributed by atoms with Gasteiger partial charge in [-0.2, -0.15) is 18.3 Å². The Balaban J connectivity index is 2.13. The van der Waals surface area contributed by atoms with Gasteiger partial charge in [-0.15, -0.1) is 0 Å². The highest BCUT2D eigenvalue weighted by molar-refractivity contribution is 9.10. The quantitative estimate of drug-likeness (QED) is 0.460. The van der Waals surface area contributed by atoms with Crippen molar-refractivity contribution < 1.29 is 27.5 Å². The fraction of sp³-hybridized carbons (Fsp3) is 0.0667. The zero-order chi connectivity index (χ0) is 17.9. The Labute approximate surface area is 141 Å². The van der Waals surface area contributed by atoms with E-state index in [9.17, 15) is 27.5 Å². The Morgan fingerprint density at radius 2 is 1.92 bits per heavy atom. The summed E-state index contributed by atoms with van der Waals surface area (Å²) in [5.41, 5.74) is 0.472. The third-order valence-corrected chi connectivity index (χ3v) is 3.39. The zero-order valence-corrected chi connectivity index (χ0v) is 13.3. The maximum atomic E-state index is 13.6. The number of alkyl halides is 3. The molecule has 0 radical (unpaired) electrons. The number of rotatable bonds is 3. The first-order valence-electron chi connectivity index (χ1n) is 6.37. The topological polar surface area (TPSA) is 61.7 Å². The van der Waals surface area contributed by atoms with Crippen LogP contribution in [0, 0.1) is 5.82 Å². The molecule has 1 amide bonds. The van der Waals surface area contributed by atoms with Crippen molar-refractivity contribution in [2.75, 3.05) is 0 Å². The van der Waals surface area contributed by atoms with Crippen LogP contribution in [0.5, 0.6) is 5.75 Å². The predicted octanol–water partition coefficient (Wildman–Crippen LogP) is 4.08. The molecule has 9 heteroatoms. The van der Waals surface area contributed by atoms with Crippen LogP contribution in [-0.4, -0.2) is 17.2 Å². The minimum absolute atomic E-state index is 0.100. The molecule has 4 nitrogen and oxygen atoms in total. The van der Waals surface area contributed by atoms with Gasteiger partial charge >= 0.3 is 6.18 Å². The van der Waals surface area contributed by atoms with E-state index in [0.717, 1.165) is 12.3 Å². The molecule has 24 heavy (non-hydrogen) atoms. The molecule has 0 saturated heterocycles. The third kappa shape index (κ3) is 4.31. The number of halogens is 5. The molecule has 0 aliphatic carbocycles. The molecular weight excluding hydrogens is 396 g/mol. The van der Waals surface area contributed by atoms with E-state index in [1.807, 2.05) is 5.43 Å². The van der Waals surface area contributed by atoms with E-state index in [4.69, 9.17) is 0 Å². The number of hydrogen-bond donors (Lipinski definition) is 2. The number of benzene rings is 2. The van der Waals surface area contributed by atoms with Gasteiger partial charge in [0.2, 0.25) is 0 Å². The van der Waals surface area contributed by atoms with Crippen LogP contribution in [0.25, 0.3) is 0 Å². The largest absolute Gasteiger partial charge is 0.507 e. The van der Waals surface area contributed by atoms with Gasteiger partial charge in [0, 0.05) is 10.0 Å². The monoisotopic (exact) mass is 404 g/mol. The van der Waals surface area contributed by atoms with Crippen LogP contribution in [0.2, 0.25) is 0 Å². The molecule has 0 fully saturated rings. The Kier molecular flexibility index (Phi) is 5.23. The number of carbonyl (C=O) groups excluding carboxylic acids is 1. The number of nitrogens with zero attached hydrogens (tertiary/aromatic N) is 1. The molecule has 0 aliphatic heterocycles. The van der Waals surface area contributed by atoms with Gasteiger partial charge in [-0.05, 0) is 36.4 Å². The molecule has 2 aromatic carbocycles. The average molecular weight is 405 g/mol. The van der Waals surface area contributed by atoms with E-state index in [2.05, 4.69) is 21.0 Å². The molecule has 0 aliphatic rings. The molecule has 0 bridgehead atoms. The number of hydrogen-bond acceptors (Lipinski definition) is 3. The van der Waals surface area contributed by atoms with Gasteiger partial charge in [0.05, 0.1) is 17.3 Å². The van der Waals surface area contributed by atoms with Gasteiger partial charge in [0.25, 0.3) is 5.91 Å². The number of hydrazone groups is 1. The Bertz CT molecular complexity index is 807. The lowest BCUT2D eigenvalue weighted by Gasteiger charge is -2.08. The molecule has 0 saturated carbocycles. The van der Waals surface area contributed by atoms with E-state index in [1.165, 1.54) is 12.1 Å². The van der Waals surface area contributed by atoms with Crippen molar-refractivity contribution in [2.24, 2.45) is 5.10 Å². The molecule has 0 spiro atoms. The summed E-state index contributed by atoms with van der Waals surface area (Å²) >= 11 is 3.18. The Morgan fingerprint density at radius 1 is 1.21 bits per heavy atom. The zero-order valence-electron chi connectivity index (χ0n) is 11.7. The SMILES string of the molecule is O=C(N/N=C/c1cc(Br)ccc1O)c1ccc(C(F)(F)F)cc1F. The van der Waals surface area contributed by atoms with Gasteiger partial charge in [-0.3, -0.25) is 4.79 Å². The summed E-state index contributed by atoms with van der Waals surface area (Å²) in [5.74, 6) is -2.44. The summed E-state index contributed by atoms with van der Waals surface area (Å²) in [7, 11) is 0. The number of aromatic hydroxyl groups is 1. The van der Waals surface area contributed by atoms with E-state index in [0.29, 0.717) is 10.5 Å². The molecule has 0 aromatic heterocycles. The second-order valence-electron chi connectivity index (χ2n) is 4.59. The average Bonchev–Trinajstić information content (AvgIpc) is 2.49. The van der Waals surface area contributed by atoms with E-state index >= 15 is 0 Å². The molecule has 0 atom stereocenters. The van der Waals surface area contributed by atoms with Crippen LogP contribution in [0.15, 0.2) is 46.0 Å². The van der Waals surface area contributed by atoms with Crippen molar-refractivity contribution in [3.63, 3.8) is 0 Å². The van der Waals surface area contributed by atoms with Crippen molar-refractivity contribution in [2.45, 2.75) is 6.18 Å². The molecule has 0 heterocycles. The van der Waals surface area contributed by atoms with Crippen molar-refractivity contribution in [3.05, 3.63) is 63.4 Å². The van der Waals surface area contributed by atoms with Crippen LogP contribution < -0.4 is 5.43 Å². The first-order chi connectivity index (χ1) is 11.2. The lowest BCUT2D eigenvalue weighted by atomic mass is 10.1. The summed E-state index contributed by atoms with van der Waals surface area (Å²) in [6.07, 6.45) is -3.59. The first-order valence-corrected chi connectivity index (χ1v) is 7.16. The van der Waals surface area contributed by atoms with E-state index in [-0.39, 0.29) is 17.4 Å². The Hall–Kier alpha value is -2.42. The number of phenols is 1. The molecule has 2 rings (SSSR count). The van der Waals surface area contributed by atoms with Gasteiger partial charge in [-0.1, -0.05) is 15.9 Å². The number of phenolic OH excluding ortho intramolecular Hbond substituents is 1. The van der Waals surface area contributed by atoms with E-state index < -0.39 is 29.0 Å². The highest BCUT2D eigenvalue weighted by atomic mass is 79.9. The minimum atomic E-state index is -4.70. The van der Waals surface area contributed by atoms with Crippen LogP contribution >= 0.6 is 15.9 Å². The van der Waals surface area contributed by atoms with Crippen LogP contribution in [0.1, 0.15) is 21.5 Å². The van der Waals surface area contributed by atoms with Crippen molar-refractivity contribution >= 4 is 28.1 Å². The fourth-order valence-corrected chi connectivity index (χ4v) is 2.10. The fourth-order valence-electron chi connectivity index (χ4n) is 1.73. The lowest BCUT2D eigenvalue weighted by molar-refractivity contribution is -0.137.